The van der Waals surface area contributed by atoms with Crippen molar-refractivity contribution < 1.29 is 9.53 Å². The molecular weight excluding hydrogens is 290 g/mol. The van der Waals surface area contributed by atoms with Gasteiger partial charge in [-0.1, -0.05) is 6.07 Å². The van der Waals surface area contributed by atoms with E-state index in [9.17, 15) is 4.79 Å². The molecule has 3 rings (SSSR count). The van der Waals surface area contributed by atoms with Gasteiger partial charge < -0.3 is 14.6 Å². The maximum absolute atomic E-state index is 11.7. The number of hydrogen-bond donors (Lipinski definition) is 1. The van der Waals surface area contributed by atoms with Crippen LogP contribution >= 0.6 is 11.6 Å². The van der Waals surface area contributed by atoms with Crippen molar-refractivity contribution in [1.82, 2.24) is 14.9 Å². The predicted octanol–water partition coefficient (Wildman–Crippen LogP) is 2.31. The molecule has 6 heteroatoms. The lowest BCUT2D eigenvalue weighted by molar-refractivity contribution is -0.122. The summed E-state index contributed by atoms with van der Waals surface area (Å²) in [5.41, 5.74) is 1.79. The average molecular weight is 308 g/mol. The fourth-order valence-electron chi connectivity index (χ4n) is 2.47. The minimum Gasteiger partial charge on any atom is -0.494 e. The number of fused-ring (bicyclic) bond motifs is 1. The number of amides is 1. The zero-order valence-corrected chi connectivity index (χ0v) is 12.7. The Kier molecular flexibility index (Phi) is 4.01. The summed E-state index contributed by atoms with van der Waals surface area (Å²) < 4.78 is 7.37. The van der Waals surface area contributed by atoms with Crippen molar-refractivity contribution in [2.45, 2.75) is 25.3 Å². The van der Waals surface area contributed by atoms with Gasteiger partial charge in [-0.2, -0.15) is 0 Å². The van der Waals surface area contributed by atoms with Crippen LogP contribution in [0.1, 0.15) is 18.7 Å². The van der Waals surface area contributed by atoms with Gasteiger partial charge >= 0.3 is 0 Å². The second kappa shape index (κ2) is 5.93. The Labute approximate surface area is 128 Å². The number of nitrogens with zero attached hydrogens (tertiary/aromatic N) is 2. The van der Waals surface area contributed by atoms with Crippen LogP contribution < -0.4 is 10.1 Å². The molecule has 0 saturated heterocycles. The first kappa shape index (κ1) is 14.2. The number of aromatic nitrogens is 2. The van der Waals surface area contributed by atoms with E-state index in [1.54, 1.807) is 7.11 Å². The number of imidazole rings is 1. The van der Waals surface area contributed by atoms with Crippen LogP contribution in [0.5, 0.6) is 5.75 Å². The molecule has 1 fully saturated rings. The van der Waals surface area contributed by atoms with Crippen LogP contribution in [0.3, 0.4) is 0 Å². The van der Waals surface area contributed by atoms with E-state index in [-0.39, 0.29) is 11.8 Å². The molecule has 1 aromatic carbocycles. The lowest BCUT2D eigenvalue weighted by Crippen LogP contribution is -2.28. The van der Waals surface area contributed by atoms with Crippen LogP contribution in [-0.2, 0) is 17.2 Å². The number of ether oxygens (including phenoxy) is 1. The van der Waals surface area contributed by atoms with E-state index in [1.165, 1.54) is 0 Å². The molecule has 5 nitrogen and oxygen atoms in total. The SMILES string of the molecule is COc1cccc2c1nc(CCl)n2CCNC(=O)C1CC1. The molecule has 1 saturated carbocycles. The zero-order valence-electron chi connectivity index (χ0n) is 11.9. The van der Waals surface area contributed by atoms with E-state index in [1.807, 2.05) is 22.8 Å². The third-order valence-electron chi connectivity index (χ3n) is 3.74. The molecular formula is C15H18ClN3O2. The molecule has 1 aromatic heterocycles. The standard InChI is InChI=1S/C15H18ClN3O2/c1-21-12-4-2-3-11-14(12)18-13(9-16)19(11)8-7-17-15(20)10-5-6-10/h2-4,10H,5-9H2,1H3,(H,17,20). The van der Waals surface area contributed by atoms with E-state index in [0.717, 1.165) is 35.4 Å². The number of halogens is 1. The molecule has 0 unspecified atom stereocenters. The van der Waals surface area contributed by atoms with Crippen molar-refractivity contribution in [2.75, 3.05) is 13.7 Å². The van der Waals surface area contributed by atoms with Gasteiger partial charge in [-0.3, -0.25) is 4.79 Å². The highest BCUT2D eigenvalue weighted by atomic mass is 35.5. The van der Waals surface area contributed by atoms with Crippen LogP contribution in [0.4, 0.5) is 0 Å². The van der Waals surface area contributed by atoms with E-state index < -0.39 is 0 Å². The maximum atomic E-state index is 11.7. The number of alkyl halides is 1. The molecule has 21 heavy (non-hydrogen) atoms. The molecule has 0 bridgehead atoms. The summed E-state index contributed by atoms with van der Waals surface area (Å²) in [7, 11) is 1.63. The highest BCUT2D eigenvalue weighted by Gasteiger charge is 2.29. The van der Waals surface area contributed by atoms with Crippen molar-refractivity contribution >= 4 is 28.5 Å². The molecule has 1 aliphatic rings. The molecule has 0 atom stereocenters. The highest BCUT2D eigenvalue weighted by Crippen LogP contribution is 2.29. The summed E-state index contributed by atoms with van der Waals surface area (Å²) in [6.45, 7) is 1.24. The van der Waals surface area contributed by atoms with E-state index in [2.05, 4.69) is 10.3 Å². The van der Waals surface area contributed by atoms with Crippen LogP contribution in [0, 0.1) is 5.92 Å². The second-order valence-electron chi connectivity index (χ2n) is 5.21. The van der Waals surface area contributed by atoms with Crippen molar-refractivity contribution in [3.05, 3.63) is 24.0 Å². The van der Waals surface area contributed by atoms with Crippen LogP contribution in [-0.4, -0.2) is 29.1 Å². The topological polar surface area (TPSA) is 56.1 Å². The number of benzene rings is 1. The van der Waals surface area contributed by atoms with Crippen molar-refractivity contribution in [3.8, 4) is 5.75 Å². The summed E-state index contributed by atoms with van der Waals surface area (Å²) in [5, 5.41) is 2.97. The van der Waals surface area contributed by atoms with Gasteiger partial charge in [-0.05, 0) is 25.0 Å². The van der Waals surface area contributed by atoms with Crippen LogP contribution in [0.25, 0.3) is 11.0 Å². The van der Waals surface area contributed by atoms with Crippen molar-refractivity contribution in [1.29, 1.82) is 0 Å². The number of nitrogens with one attached hydrogen (secondary N) is 1. The minimum atomic E-state index is 0.157. The van der Waals surface area contributed by atoms with Crippen molar-refractivity contribution in [3.63, 3.8) is 0 Å². The molecule has 0 aliphatic heterocycles. The second-order valence-corrected chi connectivity index (χ2v) is 5.47. The number of hydrogen-bond acceptors (Lipinski definition) is 3. The molecule has 112 valence electrons. The summed E-state index contributed by atoms with van der Waals surface area (Å²) in [6.07, 6.45) is 2.04. The Bertz CT molecular complexity index is 664. The van der Waals surface area contributed by atoms with Gasteiger partial charge in [0, 0.05) is 19.0 Å². The third-order valence-corrected chi connectivity index (χ3v) is 3.98. The molecule has 1 heterocycles. The summed E-state index contributed by atoms with van der Waals surface area (Å²) in [4.78, 5) is 16.2. The Morgan fingerprint density at radius 3 is 3.00 bits per heavy atom. The number of rotatable bonds is 6. The average Bonchev–Trinajstić information content (AvgIpc) is 3.29. The normalized spacial score (nSPS) is 14.4. The third kappa shape index (κ3) is 2.83. The smallest absolute Gasteiger partial charge is 0.223 e. The monoisotopic (exact) mass is 307 g/mol. The largest absolute Gasteiger partial charge is 0.494 e. The van der Waals surface area contributed by atoms with Gasteiger partial charge in [-0.25, -0.2) is 4.98 Å². The Balaban J connectivity index is 1.80. The lowest BCUT2D eigenvalue weighted by atomic mass is 10.3. The summed E-state index contributed by atoms with van der Waals surface area (Å²) in [5.74, 6) is 2.24. The fourth-order valence-corrected chi connectivity index (χ4v) is 2.67. The van der Waals surface area contributed by atoms with Gasteiger partial charge in [0.25, 0.3) is 0 Å². The molecule has 1 amide bonds. The number of methoxy groups -OCH3 is 1. The fraction of sp³-hybridized carbons (Fsp3) is 0.467. The minimum absolute atomic E-state index is 0.157. The Hall–Kier alpha value is -1.75. The first-order valence-corrected chi connectivity index (χ1v) is 7.64. The van der Waals surface area contributed by atoms with Gasteiger partial charge in [0.05, 0.1) is 18.5 Å². The summed E-state index contributed by atoms with van der Waals surface area (Å²) in [6, 6.07) is 5.80. The van der Waals surface area contributed by atoms with E-state index in [4.69, 9.17) is 16.3 Å². The molecule has 0 radical (unpaired) electrons. The Morgan fingerprint density at radius 1 is 1.52 bits per heavy atom. The Morgan fingerprint density at radius 2 is 2.33 bits per heavy atom. The van der Waals surface area contributed by atoms with Gasteiger partial charge in [0.15, 0.2) is 0 Å². The van der Waals surface area contributed by atoms with Crippen LogP contribution in [0.2, 0.25) is 0 Å². The summed E-state index contributed by atoms with van der Waals surface area (Å²) >= 11 is 5.99. The van der Waals surface area contributed by atoms with Gasteiger partial charge in [0.1, 0.15) is 17.1 Å². The van der Waals surface area contributed by atoms with E-state index >= 15 is 0 Å². The first-order chi connectivity index (χ1) is 10.2. The van der Waals surface area contributed by atoms with Gasteiger partial charge in [-0.15, -0.1) is 11.6 Å². The maximum Gasteiger partial charge on any atom is 0.223 e. The van der Waals surface area contributed by atoms with Gasteiger partial charge in [0.2, 0.25) is 5.91 Å². The molecule has 1 aliphatic carbocycles. The van der Waals surface area contributed by atoms with Crippen molar-refractivity contribution in [2.24, 2.45) is 5.92 Å². The number of para-hydroxylation sites is 1. The lowest BCUT2D eigenvalue weighted by Gasteiger charge is -2.09. The number of carbonyl (C=O) groups is 1. The zero-order chi connectivity index (χ0) is 14.8. The molecule has 1 N–H and O–H groups in total. The number of carbonyl (C=O) groups excluding carboxylic acids is 1. The highest BCUT2D eigenvalue weighted by molar-refractivity contribution is 6.16. The predicted molar refractivity (Wildman–Crippen MR) is 81.6 cm³/mol. The first-order valence-electron chi connectivity index (χ1n) is 7.10. The van der Waals surface area contributed by atoms with Crippen LogP contribution in [0.15, 0.2) is 18.2 Å². The quantitative estimate of drug-likeness (QED) is 0.833. The molecule has 2 aromatic rings. The van der Waals surface area contributed by atoms with E-state index in [0.29, 0.717) is 19.0 Å². The molecule has 0 spiro atoms.